The van der Waals surface area contributed by atoms with Crippen LogP contribution in [0.1, 0.15) is 25.3 Å². The van der Waals surface area contributed by atoms with Gasteiger partial charge >= 0.3 is 0 Å². The monoisotopic (exact) mass is 342 g/mol. The molecule has 1 rings (SSSR count). The van der Waals surface area contributed by atoms with Gasteiger partial charge in [0.2, 0.25) is 11.8 Å². The van der Waals surface area contributed by atoms with Gasteiger partial charge in [-0.05, 0) is 38.0 Å². The molecule has 0 fully saturated rings. The van der Waals surface area contributed by atoms with E-state index in [4.69, 9.17) is 0 Å². The first-order valence-electron chi connectivity index (χ1n) is 7.36. The van der Waals surface area contributed by atoms with Gasteiger partial charge in [0.15, 0.2) is 0 Å². The van der Waals surface area contributed by atoms with Crippen molar-refractivity contribution in [1.82, 2.24) is 4.90 Å². The summed E-state index contributed by atoms with van der Waals surface area (Å²) in [6, 6.07) is 4.40. The number of aryl methyl sites for hydroxylation is 1. The zero-order valence-corrected chi connectivity index (χ0v) is 14.7. The number of carbonyl (C=O) groups excluding carboxylic acids is 2. The van der Waals surface area contributed by atoms with Gasteiger partial charge in [0, 0.05) is 42.8 Å². The Labute approximate surface area is 138 Å². The number of hydrogen-bond donors (Lipinski definition) is 1. The molecular weight excluding hydrogens is 319 g/mol. The molecule has 0 unspecified atom stereocenters. The van der Waals surface area contributed by atoms with Crippen LogP contribution in [-0.4, -0.2) is 46.0 Å². The fourth-order valence-corrected chi connectivity index (χ4v) is 2.88. The number of nitrogens with one attached hydrogen (secondary N) is 1. The van der Waals surface area contributed by atoms with E-state index in [1.165, 1.54) is 11.0 Å². The maximum atomic E-state index is 13.4. The second-order valence-corrected chi connectivity index (χ2v) is 7.45. The van der Waals surface area contributed by atoms with E-state index < -0.39 is 27.8 Å². The molecule has 0 saturated heterocycles. The molecule has 0 saturated carbocycles. The third kappa shape index (κ3) is 6.09. The van der Waals surface area contributed by atoms with Gasteiger partial charge in [-0.3, -0.25) is 13.8 Å². The number of halogens is 1. The highest BCUT2D eigenvalue weighted by atomic mass is 32.2. The number of carbonyl (C=O) groups is 2. The molecule has 2 amide bonds. The van der Waals surface area contributed by atoms with Gasteiger partial charge in [-0.25, -0.2) is 4.39 Å². The minimum atomic E-state index is -1.38. The van der Waals surface area contributed by atoms with Crippen molar-refractivity contribution in [2.75, 3.05) is 25.2 Å². The normalized spacial score (nSPS) is 13.3. The Balaban J connectivity index is 2.50. The predicted molar refractivity (Wildman–Crippen MR) is 90.2 cm³/mol. The fraction of sp³-hybridized carbons (Fsp3) is 0.500. The average Bonchev–Trinajstić information content (AvgIpc) is 2.49. The number of anilines is 1. The van der Waals surface area contributed by atoms with Gasteiger partial charge < -0.3 is 10.2 Å². The van der Waals surface area contributed by atoms with Crippen molar-refractivity contribution in [3.05, 3.63) is 29.6 Å². The number of benzene rings is 1. The summed E-state index contributed by atoms with van der Waals surface area (Å²) in [5, 5.41) is 1.83. The smallest absolute Gasteiger partial charge is 0.239 e. The molecule has 128 valence electrons. The van der Waals surface area contributed by atoms with Crippen LogP contribution >= 0.6 is 0 Å². The number of amides is 2. The zero-order chi connectivity index (χ0) is 17.6. The van der Waals surface area contributed by atoms with E-state index in [1.807, 2.05) is 0 Å². The number of nitrogens with zero attached hydrogens (tertiary/aromatic N) is 1. The summed E-state index contributed by atoms with van der Waals surface area (Å²) in [7, 11) is 1.94. The maximum absolute atomic E-state index is 13.4. The molecule has 0 heterocycles. The lowest BCUT2D eigenvalue weighted by Crippen LogP contribution is -2.30. The lowest BCUT2D eigenvalue weighted by Gasteiger charge is -2.13. The lowest BCUT2D eigenvalue weighted by atomic mass is 10.2. The third-order valence-corrected chi connectivity index (χ3v) is 5.13. The van der Waals surface area contributed by atoms with Gasteiger partial charge in [0.25, 0.3) is 0 Å². The standard InChI is InChI=1S/C16H23FN2O3S/c1-11-7-8-13(10-14(11)17)18-16(21)12(2)23(22)9-5-6-15(20)19(3)4/h7-8,10,12H,5-6,9H2,1-4H3,(H,18,21)/t12-,23+/m1/s1. The van der Waals surface area contributed by atoms with Gasteiger partial charge in [-0.15, -0.1) is 0 Å². The number of hydrogen-bond acceptors (Lipinski definition) is 3. The van der Waals surface area contributed by atoms with Crippen LogP contribution in [0, 0.1) is 12.7 Å². The van der Waals surface area contributed by atoms with Crippen LogP contribution in [0.15, 0.2) is 18.2 Å². The zero-order valence-electron chi connectivity index (χ0n) is 13.9. The molecule has 5 nitrogen and oxygen atoms in total. The number of rotatable bonds is 7. The molecule has 1 aromatic carbocycles. The van der Waals surface area contributed by atoms with Crippen molar-refractivity contribution >= 4 is 28.3 Å². The Morgan fingerprint density at radius 1 is 1.35 bits per heavy atom. The molecule has 2 atom stereocenters. The molecular formula is C16H23FN2O3S. The second kappa shape index (κ2) is 8.76. The summed E-state index contributed by atoms with van der Waals surface area (Å²) in [6.07, 6.45) is 0.761. The first-order valence-corrected chi connectivity index (χ1v) is 8.75. The molecule has 0 aliphatic carbocycles. The molecule has 0 spiro atoms. The minimum absolute atomic E-state index is 0.0331. The first kappa shape index (κ1) is 19.3. The van der Waals surface area contributed by atoms with Crippen LogP contribution in [-0.2, 0) is 20.4 Å². The van der Waals surface area contributed by atoms with Crippen molar-refractivity contribution < 1.29 is 18.2 Å². The van der Waals surface area contributed by atoms with E-state index in [9.17, 15) is 18.2 Å². The van der Waals surface area contributed by atoms with Gasteiger partial charge in [0.1, 0.15) is 11.1 Å². The van der Waals surface area contributed by atoms with Gasteiger partial charge in [-0.1, -0.05) is 6.07 Å². The Hall–Kier alpha value is -1.76. The molecule has 0 bridgehead atoms. The van der Waals surface area contributed by atoms with Crippen LogP contribution in [0.4, 0.5) is 10.1 Å². The highest BCUT2D eigenvalue weighted by Crippen LogP contribution is 2.14. The molecule has 1 aromatic rings. The van der Waals surface area contributed by atoms with Crippen molar-refractivity contribution in [1.29, 1.82) is 0 Å². The molecule has 1 N–H and O–H groups in total. The second-order valence-electron chi connectivity index (χ2n) is 5.57. The third-order valence-electron chi connectivity index (χ3n) is 3.44. The summed E-state index contributed by atoms with van der Waals surface area (Å²) in [4.78, 5) is 25.0. The van der Waals surface area contributed by atoms with Crippen molar-refractivity contribution in [3.63, 3.8) is 0 Å². The van der Waals surface area contributed by atoms with Crippen LogP contribution in [0.2, 0.25) is 0 Å². The quantitative estimate of drug-likeness (QED) is 0.825. The van der Waals surface area contributed by atoms with Crippen LogP contribution in [0.3, 0.4) is 0 Å². The van der Waals surface area contributed by atoms with Crippen LogP contribution in [0.5, 0.6) is 0 Å². The van der Waals surface area contributed by atoms with Crippen molar-refractivity contribution in [2.24, 2.45) is 0 Å². The molecule has 0 radical (unpaired) electrons. The summed E-state index contributed by atoms with van der Waals surface area (Å²) < 4.78 is 25.5. The van der Waals surface area contributed by atoms with E-state index in [1.54, 1.807) is 40.1 Å². The Morgan fingerprint density at radius 3 is 2.57 bits per heavy atom. The highest BCUT2D eigenvalue weighted by molar-refractivity contribution is 7.86. The molecule has 0 aliphatic heterocycles. The van der Waals surface area contributed by atoms with E-state index in [0.717, 1.165) is 0 Å². The fourth-order valence-electron chi connectivity index (χ4n) is 1.80. The van der Waals surface area contributed by atoms with Crippen molar-refractivity contribution in [2.45, 2.75) is 31.9 Å². The largest absolute Gasteiger partial charge is 0.349 e. The van der Waals surface area contributed by atoms with Gasteiger partial charge in [0.05, 0.1) is 0 Å². The maximum Gasteiger partial charge on any atom is 0.239 e. The van der Waals surface area contributed by atoms with E-state index >= 15 is 0 Å². The summed E-state index contributed by atoms with van der Waals surface area (Å²) >= 11 is 0. The highest BCUT2D eigenvalue weighted by Gasteiger charge is 2.20. The minimum Gasteiger partial charge on any atom is -0.349 e. The lowest BCUT2D eigenvalue weighted by molar-refractivity contribution is -0.128. The molecule has 0 aliphatic rings. The van der Waals surface area contributed by atoms with Gasteiger partial charge in [-0.2, -0.15) is 0 Å². The molecule has 7 heteroatoms. The van der Waals surface area contributed by atoms with Crippen LogP contribution in [0.25, 0.3) is 0 Å². The summed E-state index contributed by atoms with van der Waals surface area (Å²) in [5.74, 6) is -0.588. The first-order chi connectivity index (χ1) is 10.7. The molecule has 23 heavy (non-hydrogen) atoms. The predicted octanol–water partition coefficient (Wildman–Crippen LogP) is 2.08. The average molecular weight is 342 g/mol. The SMILES string of the molecule is Cc1ccc(NC(=O)[C@@H](C)[S@@](=O)CCCC(=O)N(C)C)cc1F. The van der Waals surface area contributed by atoms with E-state index in [2.05, 4.69) is 5.32 Å². The van der Waals surface area contributed by atoms with E-state index in [-0.39, 0.29) is 11.7 Å². The Kier molecular flexibility index (Phi) is 7.35. The Morgan fingerprint density at radius 2 is 2.00 bits per heavy atom. The topological polar surface area (TPSA) is 66.5 Å². The van der Waals surface area contributed by atoms with Crippen molar-refractivity contribution in [3.8, 4) is 0 Å². The summed E-state index contributed by atoms with van der Waals surface area (Å²) in [5.41, 5.74) is 0.829. The van der Waals surface area contributed by atoms with E-state index in [0.29, 0.717) is 24.1 Å². The summed E-state index contributed by atoms with van der Waals surface area (Å²) in [6.45, 7) is 3.19. The van der Waals surface area contributed by atoms with Crippen LogP contribution < -0.4 is 5.32 Å². The molecule has 0 aromatic heterocycles. The Bertz CT molecular complexity index is 605.